The first kappa shape index (κ1) is 16.3. The zero-order valence-electron chi connectivity index (χ0n) is 12.4. The van der Waals surface area contributed by atoms with Gasteiger partial charge in [0.25, 0.3) is 0 Å². The van der Waals surface area contributed by atoms with Gasteiger partial charge in [0.15, 0.2) is 0 Å². The van der Waals surface area contributed by atoms with Gasteiger partial charge in [0.05, 0.1) is 30.1 Å². The Labute approximate surface area is 138 Å². The number of ether oxygens (including phenoxy) is 1. The molecule has 0 bridgehead atoms. The van der Waals surface area contributed by atoms with E-state index in [1.807, 2.05) is 22.9 Å². The van der Waals surface area contributed by atoms with Crippen molar-refractivity contribution in [1.29, 1.82) is 0 Å². The van der Waals surface area contributed by atoms with Crippen LogP contribution < -0.4 is 10.1 Å². The molecule has 1 unspecified atom stereocenters. The molecule has 4 nitrogen and oxygen atoms in total. The predicted molar refractivity (Wildman–Crippen MR) is 89.1 cm³/mol. The second-order valence-electron chi connectivity index (χ2n) is 4.57. The number of nitrogens with one attached hydrogen (secondary N) is 1. The minimum Gasteiger partial charge on any atom is -0.496 e. The zero-order valence-corrected chi connectivity index (χ0v) is 14.7. The van der Waals surface area contributed by atoms with Crippen LogP contribution in [0.4, 0.5) is 0 Å². The molecule has 2 rings (SSSR count). The average Bonchev–Trinajstić information content (AvgIpc) is 2.86. The summed E-state index contributed by atoms with van der Waals surface area (Å²) in [6.07, 6.45) is 1.69. The van der Waals surface area contributed by atoms with Gasteiger partial charge in [-0.25, -0.2) is 0 Å². The van der Waals surface area contributed by atoms with Crippen LogP contribution in [-0.4, -0.2) is 23.4 Å². The Morgan fingerprint density at radius 2 is 2.19 bits per heavy atom. The maximum Gasteiger partial charge on any atom is 0.125 e. The number of methoxy groups -OCH3 is 1. The maximum atomic E-state index is 6.36. The molecular formula is C15H19BrClN3O. The van der Waals surface area contributed by atoms with Crippen LogP contribution in [0.1, 0.15) is 31.1 Å². The second-order valence-corrected chi connectivity index (χ2v) is 5.89. The molecular weight excluding hydrogens is 354 g/mol. The van der Waals surface area contributed by atoms with Crippen LogP contribution in [0.2, 0.25) is 5.02 Å². The van der Waals surface area contributed by atoms with E-state index in [0.29, 0.717) is 5.02 Å². The molecule has 1 heterocycles. The van der Waals surface area contributed by atoms with Crippen LogP contribution in [-0.2, 0) is 6.54 Å². The third kappa shape index (κ3) is 3.42. The first-order chi connectivity index (χ1) is 10.1. The Balaban J connectivity index is 2.56. The van der Waals surface area contributed by atoms with E-state index in [2.05, 4.69) is 40.2 Å². The van der Waals surface area contributed by atoms with Gasteiger partial charge in [-0.1, -0.05) is 40.5 Å². The van der Waals surface area contributed by atoms with Gasteiger partial charge in [-0.05, 0) is 25.6 Å². The monoisotopic (exact) mass is 371 g/mol. The van der Waals surface area contributed by atoms with Crippen molar-refractivity contribution >= 4 is 27.5 Å². The quantitative estimate of drug-likeness (QED) is 0.832. The van der Waals surface area contributed by atoms with E-state index in [-0.39, 0.29) is 6.04 Å². The van der Waals surface area contributed by atoms with Crippen molar-refractivity contribution in [3.63, 3.8) is 0 Å². The maximum absolute atomic E-state index is 6.36. The fraction of sp³-hybridized carbons (Fsp3) is 0.400. The Kier molecular flexibility index (Phi) is 5.67. The highest BCUT2D eigenvalue weighted by Crippen LogP contribution is 2.35. The lowest BCUT2D eigenvalue weighted by atomic mass is 10.0. The molecule has 0 aliphatic heterocycles. The number of aromatic nitrogens is 2. The van der Waals surface area contributed by atoms with E-state index in [1.54, 1.807) is 13.3 Å². The summed E-state index contributed by atoms with van der Waals surface area (Å²) in [6.45, 7) is 5.70. The highest BCUT2D eigenvalue weighted by Gasteiger charge is 2.24. The van der Waals surface area contributed by atoms with Crippen molar-refractivity contribution in [3.8, 4) is 5.75 Å². The molecule has 1 atom stereocenters. The van der Waals surface area contributed by atoms with Crippen molar-refractivity contribution in [2.45, 2.75) is 26.4 Å². The SMILES string of the molecule is CCNC(c1ccc(Br)cc1OC)c1c(Cl)cnn1CC. The van der Waals surface area contributed by atoms with Gasteiger partial charge in [-0.15, -0.1) is 0 Å². The standard InChI is InChI=1S/C15H19BrClN3O/c1-4-18-14(15-12(17)9-19-20(15)5-2)11-7-6-10(16)8-13(11)21-3/h6-9,14,18H,4-5H2,1-3H3. The van der Waals surface area contributed by atoms with Crippen molar-refractivity contribution in [2.24, 2.45) is 0 Å². The Hall–Kier alpha value is -1.04. The fourth-order valence-corrected chi connectivity index (χ4v) is 2.98. The third-order valence-electron chi connectivity index (χ3n) is 3.32. The van der Waals surface area contributed by atoms with Crippen molar-refractivity contribution in [3.05, 3.63) is 45.1 Å². The van der Waals surface area contributed by atoms with E-state index in [1.165, 1.54) is 0 Å². The number of rotatable bonds is 6. The highest BCUT2D eigenvalue weighted by atomic mass is 79.9. The number of halogens is 2. The minimum absolute atomic E-state index is 0.0620. The summed E-state index contributed by atoms with van der Waals surface area (Å²) in [7, 11) is 1.67. The van der Waals surface area contributed by atoms with Crippen LogP contribution in [0.3, 0.4) is 0 Å². The van der Waals surface area contributed by atoms with Gasteiger partial charge in [0, 0.05) is 16.6 Å². The van der Waals surface area contributed by atoms with E-state index >= 15 is 0 Å². The molecule has 2 aromatic rings. The van der Waals surface area contributed by atoms with Crippen LogP contribution in [0.15, 0.2) is 28.9 Å². The van der Waals surface area contributed by atoms with Gasteiger partial charge in [0.1, 0.15) is 5.75 Å². The molecule has 21 heavy (non-hydrogen) atoms. The number of hydrogen-bond donors (Lipinski definition) is 1. The zero-order chi connectivity index (χ0) is 15.4. The van der Waals surface area contributed by atoms with E-state index in [9.17, 15) is 0 Å². The van der Waals surface area contributed by atoms with Gasteiger partial charge >= 0.3 is 0 Å². The van der Waals surface area contributed by atoms with Crippen LogP contribution >= 0.6 is 27.5 Å². The number of hydrogen-bond acceptors (Lipinski definition) is 3. The molecule has 0 aliphatic carbocycles. The first-order valence-electron chi connectivity index (χ1n) is 6.90. The minimum atomic E-state index is -0.0620. The summed E-state index contributed by atoms with van der Waals surface area (Å²) in [4.78, 5) is 0. The second kappa shape index (κ2) is 7.29. The molecule has 0 aliphatic rings. The van der Waals surface area contributed by atoms with Crippen molar-refractivity contribution in [1.82, 2.24) is 15.1 Å². The van der Waals surface area contributed by atoms with Gasteiger partial charge in [-0.3, -0.25) is 4.68 Å². The van der Waals surface area contributed by atoms with Crippen molar-refractivity contribution in [2.75, 3.05) is 13.7 Å². The molecule has 0 spiro atoms. The van der Waals surface area contributed by atoms with Crippen LogP contribution in [0.25, 0.3) is 0 Å². The fourth-order valence-electron chi connectivity index (χ4n) is 2.39. The van der Waals surface area contributed by atoms with Gasteiger partial charge < -0.3 is 10.1 Å². The summed E-state index contributed by atoms with van der Waals surface area (Å²) in [5.74, 6) is 0.815. The Bertz CT molecular complexity index is 615. The lowest BCUT2D eigenvalue weighted by molar-refractivity contribution is 0.402. The molecule has 0 fully saturated rings. The molecule has 1 N–H and O–H groups in total. The van der Waals surface area contributed by atoms with Crippen molar-refractivity contribution < 1.29 is 4.74 Å². The number of nitrogens with zero attached hydrogens (tertiary/aromatic N) is 2. The smallest absolute Gasteiger partial charge is 0.125 e. The summed E-state index contributed by atoms with van der Waals surface area (Å²) in [5, 5.41) is 8.46. The third-order valence-corrected chi connectivity index (χ3v) is 4.11. The normalized spacial score (nSPS) is 12.4. The largest absolute Gasteiger partial charge is 0.496 e. The molecule has 0 saturated carbocycles. The average molecular weight is 373 g/mol. The molecule has 114 valence electrons. The molecule has 0 amide bonds. The lowest BCUT2D eigenvalue weighted by Gasteiger charge is -2.22. The first-order valence-corrected chi connectivity index (χ1v) is 8.07. The lowest BCUT2D eigenvalue weighted by Crippen LogP contribution is -2.25. The van der Waals surface area contributed by atoms with Gasteiger partial charge in [0.2, 0.25) is 0 Å². The van der Waals surface area contributed by atoms with Crippen LogP contribution in [0, 0.1) is 0 Å². The van der Waals surface area contributed by atoms with E-state index in [4.69, 9.17) is 16.3 Å². The van der Waals surface area contributed by atoms with Gasteiger partial charge in [-0.2, -0.15) is 5.10 Å². The van der Waals surface area contributed by atoms with E-state index < -0.39 is 0 Å². The Morgan fingerprint density at radius 1 is 1.43 bits per heavy atom. The summed E-state index contributed by atoms with van der Waals surface area (Å²) in [6, 6.07) is 5.94. The molecule has 0 saturated heterocycles. The molecule has 1 aromatic carbocycles. The molecule has 0 radical (unpaired) electrons. The molecule has 6 heteroatoms. The summed E-state index contributed by atoms with van der Waals surface area (Å²) in [5.41, 5.74) is 2.00. The summed E-state index contributed by atoms with van der Waals surface area (Å²) < 4.78 is 8.42. The van der Waals surface area contributed by atoms with Crippen LogP contribution in [0.5, 0.6) is 5.75 Å². The highest BCUT2D eigenvalue weighted by molar-refractivity contribution is 9.10. The Morgan fingerprint density at radius 3 is 2.81 bits per heavy atom. The number of aryl methyl sites for hydroxylation is 1. The molecule has 1 aromatic heterocycles. The predicted octanol–water partition coefficient (Wildman–Crippen LogP) is 4.03. The topological polar surface area (TPSA) is 39.1 Å². The number of benzene rings is 1. The van der Waals surface area contributed by atoms with E-state index in [0.717, 1.165) is 34.6 Å². The summed E-state index contributed by atoms with van der Waals surface area (Å²) >= 11 is 9.83.